The van der Waals surface area contributed by atoms with E-state index >= 15 is 0 Å². The molecule has 0 spiro atoms. The third-order valence-corrected chi connectivity index (χ3v) is 11.9. The predicted octanol–water partition coefficient (Wildman–Crippen LogP) is 17.2. The van der Waals surface area contributed by atoms with Crippen molar-refractivity contribution in [1.29, 1.82) is 0 Å². The highest BCUT2D eigenvalue weighted by atomic mass is 15.2. The molecule has 0 saturated carbocycles. The molecule has 298 valence electrons. The lowest BCUT2D eigenvalue weighted by molar-refractivity contribution is 1.25. The van der Waals surface area contributed by atoms with Gasteiger partial charge >= 0.3 is 0 Å². The molecule has 0 heterocycles. The lowest BCUT2D eigenvalue weighted by Crippen LogP contribution is -2.13. The number of hydrogen-bond donors (Lipinski definition) is 0. The smallest absolute Gasteiger partial charge is 0.0540 e. The summed E-state index contributed by atoms with van der Waals surface area (Å²) in [5.41, 5.74) is 12.0. The van der Waals surface area contributed by atoms with Crippen molar-refractivity contribution in [3.63, 3.8) is 0 Å². The maximum atomic E-state index is 2.38. The first-order chi connectivity index (χ1) is 31.2. The van der Waals surface area contributed by atoms with Crippen molar-refractivity contribution in [3.05, 3.63) is 261 Å². The van der Waals surface area contributed by atoms with Crippen LogP contribution < -0.4 is 14.7 Å². The Morgan fingerprint density at radius 3 is 1.11 bits per heavy atom. The number of para-hydroxylation sites is 3. The highest BCUT2D eigenvalue weighted by Crippen LogP contribution is 2.45. The lowest BCUT2D eigenvalue weighted by Gasteiger charge is -2.30. The summed E-state index contributed by atoms with van der Waals surface area (Å²) in [6.07, 6.45) is 0. The van der Waals surface area contributed by atoms with Crippen LogP contribution in [-0.2, 0) is 0 Å². The van der Waals surface area contributed by atoms with Crippen molar-refractivity contribution < 1.29 is 0 Å². The molecule has 11 rings (SSSR count). The summed E-state index contributed by atoms with van der Waals surface area (Å²) in [6.45, 7) is 0. The number of nitrogens with zero attached hydrogens (tertiary/aromatic N) is 3. The van der Waals surface area contributed by atoms with Gasteiger partial charge in [0.15, 0.2) is 0 Å². The molecule has 0 aliphatic carbocycles. The van der Waals surface area contributed by atoms with Gasteiger partial charge in [0.1, 0.15) is 0 Å². The Balaban J connectivity index is 1.12. The first kappa shape index (κ1) is 37.6. The van der Waals surface area contributed by atoms with E-state index in [0.29, 0.717) is 0 Å². The molecule has 0 saturated heterocycles. The average molecular weight is 806 g/mol. The largest absolute Gasteiger partial charge is 0.310 e. The highest BCUT2D eigenvalue weighted by molar-refractivity contribution is 5.99. The van der Waals surface area contributed by atoms with Crippen LogP contribution in [0, 0.1) is 0 Å². The molecule has 3 nitrogen and oxygen atoms in total. The first-order valence-electron chi connectivity index (χ1n) is 21.5. The zero-order valence-corrected chi connectivity index (χ0v) is 34.7. The maximum Gasteiger partial charge on any atom is 0.0540 e. The summed E-state index contributed by atoms with van der Waals surface area (Å²) >= 11 is 0. The van der Waals surface area contributed by atoms with Gasteiger partial charge in [-0.05, 0) is 135 Å². The normalized spacial score (nSPS) is 11.2. The third-order valence-electron chi connectivity index (χ3n) is 11.9. The summed E-state index contributed by atoms with van der Waals surface area (Å²) in [5.74, 6) is 0. The fourth-order valence-corrected chi connectivity index (χ4v) is 8.91. The molecule has 0 atom stereocenters. The number of rotatable bonds is 10. The second-order valence-corrected chi connectivity index (χ2v) is 15.9. The number of anilines is 9. The van der Waals surface area contributed by atoms with Crippen molar-refractivity contribution in [1.82, 2.24) is 0 Å². The fraction of sp³-hybridized carbons (Fsp3) is 0. The minimum absolute atomic E-state index is 1.05. The number of benzene rings is 11. The molecule has 3 heteroatoms. The minimum atomic E-state index is 1.05. The summed E-state index contributed by atoms with van der Waals surface area (Å²) in [7, 11) is 0. The standard InChI is InChI=1S/C60H43N3/c1-4-23-51(24-5-1)61(55-37-33-44-17-10-12-20-48(44)39-55)57-41-50(42-58(43-57)62(52-25-6-2-7-26-52)56-38-34-45-18-11-13-21-49(45)40-56)46-31-35-54(36-32-46)63(53-27-8-3-9-28-53)60-30-16-22-47-19-14-15-29-59(47)60/h1-43H. The van der Waals surface area contributed by atoms with Crippen LogP contribution in [0.25, 0.3) is 43.4 Å². The zero-order valence-electron chi connectivity index (χ0n) is 34.7. The van der Waals surface area contributed by atoms with Crippen LogP contribution in [0.1, 0.15) is 0 Å². The molecule has 0 aliphatic heterocycles. The summed E-state index contributed by atoms with van der Waals surface area (Å²) in [4.78, 5) is 7.13. The molecule has 0 N–H and O–H groups in total. The van der Waals surface area contributed by atoms with E-state index in [2.05, 4.69) is 276 Å². The van der Waals surface area contributed by atoms with E-state index in [1.807, 2.05) is 0 Å². The Bertz CT molecular complexity index is 3200. The molecule has 0 amide bonds. The Hall–Kier alpha value is -8.40. The maximum absolute atomic E-state index is 2.38. The zero-order chi connectivity index (χ0) is 42.0. The van der Waals surface area contributed by atoms with Gasteiger partial charge in [0.05, 0.1) is 5.69 Å². The monoisotopic (exact) mass is 805 g/mol. The van der Waals surface area contributed by atoms with Crippen molar-refractivity contribution in [2.45, 2.75) is 0 Å². The van der Waals surface area contributed by atoms with Crippen LogP contribution in [0.3, 0.4) is 0 Å². The summed E-state index contributed by atoms with van der Waals surface area (Å²) in [6, 6.07) is 94.0. The van der Waals surface area contributed by atoms with Crippen LogP contribution in [0.5, 0.6) is 0 Å². The second kappa shape index (κ2) is 16.6. The van der Waals surface area contributed by atoms with Gasteiger partial charge in [0.2, 0.25) is 0 Å². The third kappa shape index (κ3) is 7.43. The molecular formula is C60H43N3. The van der Waals surface area contributed by atoms with E-state index < -0.39 is 0 Å². The molecule has 0 aliphatic rings. The van der Waals surface area contributed by atoms with E-state index in [-0.39, 0.29) is 0 Å². The lowest BCUT2D eigenvalue weighted by atomic mass is 10.0. The van der Waals surface area contributed by atoms with Gasteiger partial charge < -0.3 is 14.7 Å². The van der Waals surface area contributed by atoms with Crippen LogP contribution in [0.4, 0.5) is 51.2 Å². The van der Waals surface area contributed by atoms with E-state index in [1.54, 1.807) is 0 Å². The molecule has 11 aromatic carbocycles. The molecule has 0 fully saturated rings. The molecule has 0 radical (unpaired) electrons. The van der Waals surface area contributed by atoms with Gasteiger partial charge in [-0.2, -0.15) is 0 Å². The topological polar surface area (TPSA) is 9.72 Å². The van der Waals surface area contributed by atoms with Gasteiger partial charge in [-0.25, -0.2) is 0 Å². The predicted molar refractivity (Wildman–Crippen MR) is 268 cm³/mol. The Kier molecular flexibility index (Phi) is 9.89. The van der Waals surface area contributed by atoms with Gasteiger partial charge in [0, 0.05) is 50.9 Å². The van der Waals surface area contributed by atoms with E-state index in [9.17, 15) is 0 Å². The van der Waals surface area contributed by atoms with Crippen LogP contribution >= 0.6 is 0 Å². The summed E-state index contributed by atoms with van der Waals surface area (Å²) < 4.78 is 0. The van der Waals surface area contributed by atoms with Crippen molar-refractivity contribution in [2.24, 2.45) is 0 Å². The molecule has 63 heavy (non-hydrogen) atoms. The van der Waals surface area contributed by atoms with Crippen LogP contribution in [0.2, 0.25) is 0 Å². The average Bonchev–Trinajstić information content (AvgIpc) is 3.35. The number of hydrogen-bond acceptors (Lipinski definition) is 3. The molecule has 11 aromatic rings. The quantitative estimate of drug-likeness (QED) is 0.136. The second-order valence-electron chi connectivity index (χ2n) is 15.9. The van der Waals surface area contributed by atoms with Gasteiger partial charge in [0.25, 0.3) is 0 Å². The van der Waals surface area contributed by atoms with Crippen molar-refractivity contribution in [2.75, 3.05) is 14.7 Å². The van der Waals surface area contributed by atoms with Gasteiger partial charge in [-0.3, -0.25) is 0 Å². The Labute approximate surface area is 368 Å². The number of fused-ring (bicyclic) bond motifs is 3. The molecule has 0 aromatic heterocycles. The Morgan fingerprint density at radius 2 is 0.587 bits per heavy atom. The van der Waals surface area contributed by atoms with Crippen LogP contribution in [-0.4, -0.2) is 0 Å². The highest BCUT2D eigenvalue weighted by Gasteiger charge is 2.21. The van der Waals surface area contributed by atoms with Gasteiger partial charge in [-0.15, -0.1) is 0 Å². The van der Waals surface area contributed by atoms with Crippen LogP contribution in [0.15, 0.2) is 261 Å². The van der Waals surface area contributed by atoms with Crippen molar-refractivity contribution in [3.8, 4) is 11.1 Å². The van der Waals surface area contributed by atoms with Gasteiger partial charge in [-0.1, -0.05) is 164 Å². The van der Waals surface area contributed by atoms with E-state index in [4.69, 9.17) is 0 Å². The minimum Gasteiger partial charge on any atom is -0.310 e. The Morgan fingerprint density at radius 1 is 0.190 bits per heavy atom. The first-order valence-corrected chi connectivity index (χ1v) is 21.5. The van der Waals surface area contributed by atoms with E-state index in [1.165, 1.54) is 32.3 Å². The van der Waals surface area contributed by atoms with E-state index in [0.717, 1.165) is 62.3 Å². The van der Waals surface area contributed by atoms with Crippen molar-refractivity contribution >= 4 is 83.5 Å². The fourth-order valence-electron chi connectivity index (χ4n) is 8.91. The molecular weight excluding hydrogens is 763 g/mol. The molecule has 0 bridgehead atoms. The summed E-state index contributed by atoms with van der Waals surface area (Å²) in [5, 5.41) is 7.22. The SMILES string of the molecule is c1ccc(N(c2cc(-c3ccc(N(c4ccccc4)c4cccc5ccccc45)cc3)cc(N(c3ccccc3)c3ccc4ccccc4c3)c2)c2ccc3ccccc3c2)cc1. The molecule has 0 unspecified atom stereocenters.